The number of sulfonamides is 1. The number of carbonyl (C=O) groups excluding carboxylic acids is 2. The highest BCUT2D eigenvalue weighted by atomic mass is 32.2. The maximum Gasteiger partial charge on any atom is 0.243 e. The third-order valence-corrected chi connectivity index (χ3v) is 8.44. The molecule has 3 aromatic rings. The van der Waals surface area contributed by atoms with Gasteiger partial charge in [0.15, 0.2) is 0 Å². The zero-order valence-corrected chi connectivity index (χ0v) is 23.9. The number of carbonyl (C=O) groups is 2. The highest BCUT2D eigenvalue weighted by Gasteiger charge is 2.30. The van der Waals surface area contributed by atoms with Crippen molar-refractivity contribution in [1.82, 2.24) is 14.5 Å². The lowest BCUT2D eigenvalue weighted by Gasteiger charge is -2.32. The first-order chi connectivity index (χ1) is 18.7. The Morgan fingerprint density at radius 2 is 1.54 bits per heavy atom. The lowest BCUT2D eigenvalue weighted by molar-refractivity contribution is -0.141. The zero-order valence-electron chi connectivity index (χ0n) is 23.0. The molecule has 0 bridgehead atoms. The van der Waals surface area contributed by atoms with E-state index in [9.17, 15) is 18.0 Å². The Morgan fingerprint density at radius 3 is 2.18 bits per heavy atom. The van der Waals surface area contributed by atoms with Gasteiger partial charge in [0, 0.05) is 39.5 Å². The van der Waals surface area contributed by atoms with E-state index < -0.39 is 16.1 Å². The number of amides is 2. The van der Waals surface area contributed by atoms with Gasteiger partial charge in [0.05, 0.1) is 4.90 Å². The molecule has 0 fully saturated rings. The molecule has 0 aliphatic heterocycles. The Hall–Kier alpha value is -3.49. The molecular weight excluding hydrogens is 510 g/mol. The van der Waals surface area contributed by atoms with E-state index in [0.717, 1.165) is 23.1 Å². The van der Waals surface area contributed by atoms with E-state index in [1.165, 1.54) is 11.4 Å². The van der Waals surface area contributed by atoms with Gasteiger partial charge >= 0.3 is 0 Å². The van der Waals surface area contributed by atoms with E-state index in [1.807, 2.05) is 68.4 Å². The van der Waals surface area contributed by atoms with Crippen LogP contribution in [-0.4, -0.2) is 55.6 Å². The van der Waals surface area contributed by atoms with Crippen LogP contribution in [0.15, 0.2) is 89.8 Å². The normalized spacial score (nSPS) is 12.2. The molecule has 0 aliphatic rings. The van der Waals surface area contributed by atoms with Crippen LogP contribution in [0.4, 0.5) is 0 Å². The van der Waals surface area contributed by atoms with Crippen molar-refractivity contribution in [1.29, 1.82) is 0 Å². The van der Waals surface area contributed by atoms with E-state index in [-0.39, 0.29) is 36.2 Å². The molecule has 0 spiro atoms. The predicted molar refractivity (Wildman–Crippen MR) is 154 cm³/mol. The van der Waals surface area contributed by atoms with Gasteiger partial charge in [0.2, 0.25) is 21.8 Å². The quantitative estimate of drug-likeness (QED) is 0.319. The summed E-state index contributed by atoms with van der Waals surface area (Å²) in [5, 5.41) is 2.98. The van der Waals surface area contributed by atoms with Crippen molar-refractivity contribution >= 4 is 21.8 Å². The van der Waals surface area contributed by atoms with Gasteiger partial charge in [-0.2, -0.15) is 0 Å². The average molecular weight is 550 g/mol. The van der Waals surface area contributed by atoms with Crippen LogP contribution in [0.3, 0.4) is 0 Å². The van der Waals surface area contributed by atoms with Crippen LogP contribution in [0.5, 0.6) is 0 Å². The van der Waals surface area contributed by atoms with E-state index >= 15 is 0 Å². The van der Waals surface area contributed by atoms with Gasteiger partial charge in [0.1, 0.15) is 6.04 Å². The first-order valence-electron chi connectivity index (χ1n) is 13.4. The summed E-state index contributed by atoms with van der Waals surface area (Å²) in [5.74, 6) is -0.375. The zero-order chi connectivity index (χ0) is 28.3. The standard InChI is InChI=1S/C31H39N3O4S/c1-4-20-32-31(36)29(23-26-14-7-5-8-15-26)34(24-27-16-11-13-25(2)22-27)30(35)19-12-21-33(3)39(37,38)28-17-9-6-10-18-28/h5-11,13-18,22,29H,4,12,19-21,23-24H2,1-3H3,(H,32,36). The number of benzene rings is 3. The molecular formula is C31H39N3O4S. The Labute approximate surface area is 232 Å². The fourth-order valence-corrected chi connectivity index (χ4v) is 5.65. The van der Waals surface area contributed by atoms with Crippen molar-refractivity contribution in [3.8, 4) is 0 Å². The Kier molecular flexibility index (Phi) is 11.3. The van der Waals surface area contributed by atoms with Crippen LogP contribution in [0.25, 0.3) is 0 Å². The maximum absolute atomic E-state index is 13.7. The summed E-state index contributed by atoms with van der Waals surface area (Å²) in [6, 6.07) is 25.2. The van der Waals surface area contributed by atoms with Gasteiger partial charge in [0.25, 0.3) is 0 Å². The topological polar surface area (TPSA) is 86.8 Å². The average Bonchev–Trinajstić information content (AvgIpc) is 2.94. The number of hydrogen-bond donors (Lipinski definition) is 1. The van der Waals surface area contributed by atoms with Crippen LogP contribution in [0.2, 0.25) is 0 Å². The number of nitrogens with zero attached hydrogens (tertiary/aromatic N) is 2. The molecule has 1 atom stereocenters. The SMILES string of the molecule is CCCNC(=O)C(Cc1ccccc1)N(Cc1cccc(C)c1)C(=O)CCCN(C)S(=O)(=O)c1ccccc1. The Morgan fingerprint density at radius 1 is 0.897 bits per heavy atom. The molecule has 3 aromatic carbocycles. The van der Waals surface area contributed by atoms with Crippen molar-refractivity contribution in [3.05, 3.63) is 102 Å². The smallest absolute Gasteiger partial charge is 0.243 e. The minimum atomic E-state index is -3.65. The summed E-state index contributed by atoms with van der Waals surface area (Å²) < 4.78 is 27.1. The van der Waals surface area contributed by atoms with Crippen LogP contribution in [0.1, 0.15) is 42.9 Å². The van der Waals surface area contributed by atoms with Crippen molar-refractivity contribution in [2.45, 2.75) is 57.0 Å². The van der Waals surface area contributed by atoms with E-state index in [2.05, 4.69) is 5.32 Å². The van der Waals surface area contributed by atoms with E-state index in [4.69, 9.17) is 0 Å². The number of hydrogen-bond acceptors (Lipinski definition) is 4. The lowest BCUT2D eigenvalue weighted by atomic mass is 10.0. The third kappa shape index (κ3) is 8.76. The van der Waals surface area contributed by atoms with Crippen molar-refractivity contribution in [3.63, 3.8) is 0 Å². The van der Waals surface area contributed by atoms with Gasteiger partial charge in [-0.05, 0) is 43.0 Å². The minimum absolute atomic E-state index is 0.118. The van der Waals surface area contributed by atoms with Crippen molar-refractivity contribution in [2.24, 2.45) is 0 Å². The lowest BCUT2D eigenvalue weighted by Crippen LogP contribution is -2.50. The molecule has 0 heterocycles. The minimum Gasteiger partial charge on any atom is -0.354 e. The molecule has 3 rings (SSSR count). The molecule has 0 aliphatic carbocycles. The Balaban J connectivity index is 1.81. The number of nitrogens with one attached hydrogen (secondary N) is 1. The van der Waals surface area contributed by atoms with Crippen molar-refractivity contribution < 1.29 is 18.0 Å². The van der Waals surface area contributed by atoms with E-state index in [1.54, 1.807) is 35.2 Å². The van der Waals surface area contributed by atoms with Crippen molar-refractivity contribution in [2.75, 3.05) is 20.1 Å². The molecule has 0 saturated carbocycles. The summed E-state index contributed by atoms with van der Waals surface area (Å²) in [5.41, 5.74) is 2.97. The summed E-state index contributed by atoms with van der Waals surface area (Å²) in [6.45, 7) is 4.98. The van der Waals surface area contributed by atoms with Gasteiger partial charge in [-0.3, -0.25) is 9.59 Å². The van der Waals surface area contributed by atoms with Crippen LogP contribution >= 0.6 is 0 Å². The molecule has 0 saturated heterocycles. The first kappa shape index (κ1) is 30.1. The van der Waals surface area contributed by atoms with Crippen LogP contribution in [0, 0.1) is 6.92 Å². The fourth-order valence-electron chi connectivity index (χ4n) is 4.42. The molecule has 39 heavy (non-hydrogen) atoms. The van der Waals surface area contributed by atoms with Gasteiger partial charge < -0.3 is 10.2 Å². The van der Waals surface area contributed by atoms with Crippen LogP contribution in [-0.2, 0) is 32.6 Å². The maximum atomic E-state index is 13.7. The molecule has 0 radical (unpaired) electrons. The second kappa shape index (κ2) is 14.6. The summed E-state index contributed by atoms with van der Waals surface area (Å²) in [6.07, 6.45) is 1.63. The summed E-state index contributed by atoms with van der Waals surface area (Å²) in [7, 11) is -2.13. The number of aryl methyl sites for hydroxylation is 1. The highest BCUT2D eigenvalue weighted by Crippen LogP contribution is 2.18. The predicted octanol–water partition coefficient (Wildman–Crippen LogP) is 4.56. The molecule has 0 aromatic heterocycles. The van der Waals surface area contributed by atoms with E-state index in [0.29, 0.717) is 19.4 Å². The van der Waals surface area contributed by atoms with Gasteiger partial charge in [-0.25, -0.2) is 12.7 Å². The third-order valence-electron chi connectivity index (χ3n) is 6.57. The molecule has 2 amide bonds. The molecule has 1 unspecified atom stereocenters. The second-order valence-electron chi connectivity index (χ2n) is 9.75. The molecule has 1 N–H and O–H groups in total. The van der Waals surface area contributed by atoms with Crippen LogP contribution < -0.4 is 5.32 Å². The van der Waals surface area contributed by atoms with Gasteiger partial charge in [-0.1, -0.05) is 85.3 Å². The largest absolute Gasteiger partial charge is 0.354 e. The Bertz CT molecular complexity index is 1310. The first-order valence-corrected chi connectivity index (χ1v) is 14.8. The number of rotatable bonds is 14. The summed E-state index contributed by atoms with van der Waals surface area (Å²) in [4.78, 5) is 29.0. The monoisotopic (exact) mass is 549 g/mol. The molecule has 7 nitrogen and oxygen atoms in total. The van der Waals surface area contributed by atoms with Gasteiger partial charge in [-0.15, -0.1) is 0 Å². The second-order valence-corrected chi connectivity index (χ2v) is 11.8. The molecule has 8 heteroatoms. The highest BCUT2D eigenvalue weighted by molar-refractivity contribution is 7.89. The summed E-state index contributed by atoms with van der Waals surface area (Å²) >= 11 is 0. The fraction of sp³-hybridized carbons (Fsp3) is 0.355. The molecule has 208 valence electrons.